The molecule has 0 bridgehead atoms. The lowest BCUT2D eigenvalue weighted by molar-refractivity contribution is -0.132. The van der Waals surface area contributed by atoms with Gasteiger partial charge in [-0.25, -0.2) is 4.79 Å². The van der Waals surface area contributed by atoms with E-state index >= 15 is 0 Å². The monoisotopic (exact) mass is 304 g/mol. The molecule has 2 rings (SSSR count). The topological polar surface area (TPSA) is 87.5 Å². The molecule has 1 aromatic rings. The molecule has 6 nitrogen and oxygen atoms in total. The van der Waals surface area contributed by atoms with Crippen molar-refractivity contribution in [2.75, 3.05) is 19.6 Å². The van der Waals surface area contributed by atoms with Crippen LogP contribution in [-0.2, 0) is 4.79 Å². The fourth-order valence-electron chi connectivity index (χ4n) is 2.77. The predicted octanol–water partition coefficient (Wildman–Crippen LogP) is 0.915. The van der Waals surface area contributed by atoms with Gasteiger partial charge in [-0.05, 0) is 19.4 Å². The van der Waals surface area contributed by atoms with Crippen molar-refractivity contribution in [3.63, 3.8) is 0 Å². The highest BCUT2D eigenvalue weighted by molar-refractivity contribution is 5.79. The van der Waals surface area contributed by atoms with Gasteiger partial charge in [-0.15, -0.1) is 0 Å². The Balaban J connectivity index is 2.09. The second-order valence-electron chi connectivity index (χ2n) is 5.87. The highest BCUT2D eigenvalue weighted by Gasteiger charge is 2.24. The van der Waals surface area contributed by atoms with E-state index in [-0.39, 0.29) is 12.3 Å². The molecule has 1 saturated heterocycles. The molecule has 1 aliphatic rings. The summed E-state index contributed by atoms with van der Waals surface area (Å²) in [6, 6.07) is 7.04. The number of nitrogens with two attached hydrogens (primary N) is 1. The molecule has 4 N–H and O–H groups in total. The summed E-state index contributed by atoms with van der Waals surface area (Å²) in [7, 11) is 0. The Hall–Kier alpha value is -2.08. The number of urea groups is 1. The molecule has 0 unspecified atom stereocenters. The van der Waals surface area contributed by atoms with Crippen molar-refractivity contribution in [1.29, 1.82) is 0 Å². The van der Waals surface area contributed by atoms with E-state index in [0.29, 0.717) is 19.1 Å². The van der Waals surface area contributed by atoms with Gasteiger partial charge in [0, 0.05) is 25.7 Å². The van der Waals surface area contributed by atoms with Crippen molar-refractivity contribution < 1.29 is 9.59 Å². The summed E-state index contributed by atoms with van der Waals surface area (Å²) < 4.78 is 0. The Morgan fingerprint density at radius 1 is 1.50 bits per heavy atom. The van der Waals surface area contributed by atoms with Crippen LogP contribution in [0.4, 0.5) is 4.79 Å². The molecule has 6 heteroatoms. The number of primary amides is 1. The van der Waals surface area contributed by atoms with E-state index in [1.165, 1.54) is 0 Å². The maximum absolute atomic E-state index is 12.5. The van der Waals surface area contributed by atoms with E-state index < -0.39 is 12.1 Å². The Bertz CT molecular complexity index is 547. The van der Waals surface area contributed by atoms with Crippen LogP contribution >= 0.6 is 0 Å². The van der Waals surface area contributed by atoms with E-state index in [1.54, 1.807) is 0 Å². The summed E-state index contributed by atoms with van der Waals surface area (Å²) in [5, 5.41) is 5.99. The third-order valence-corrected chi connectivity index (χ3v) is 3.86. The van der Waals surface area contributed by atoms with E-state index in [0.717, 1.165) is 17.7 Å². The summed E-state index contributed by atoms with van der Waals surface area (Å²) >= 11 is 0. The molecule has 1 heterocycles. The SMILES string of the molecule is Cc1cccc([C@@H](CC(=O)N2CCN[C@H](C)C2)NC(N)=O)c1. The van der Waals surface area contributed by atoms with Gasteiger partial charge in [-0.3, -0.25) is 4.79 Å². The van der Waals surface area contributed by atoms with Crippen molar-refractivity contribution in [1.82, 2.24) is 15.5 Å². The molecule has 1 aromatic carbocycles. The number of aryl methyl sites for hydroxylation is 1. The number of piperazine rings is 1. The number of rotatable bonds is 4. The largest absolute Gasteiger partial charge is 0.352 e. The molecular weight excluding hydrogens is 280 g/mol. The first-order valence-corrected chi connectivity index (χ1v) is 7.59. The zero-order valence-corrected chi connectivity index (χ0v) is 13.1. The maximum atomic E-state index is 12.5. The van der Waals surface area contributed by atoms with Crippen LogP contribution in [-0.4, -0.2) is 42.5 Å². The van der Waals surface area contributed by atoms with Crippen LogP contribution in [0.3, 0.4) is 0 Å². The molecule has 0 spiro atoms. The van der Waals surface area contributed by atoms with Gasteiger partial charge in [0.25, 0.3) is 0 Å². The predicted molar refractivity (Wildman–Crippen MR) is 85.3 cm³/mol. The van der Waals surface area contributed by atoms with Gasteiger partial charge >= 0.3 is 6.03 Å². The second kappa shape index (κ2) is 7.26. The lowest BCUT2D eigenvalue weighted by Gasteiger charge is -2.33. The van der Waals surface area contributed by atoms with Crippen molar-refractivity contribution >= 4 is 11.9 Å². The smallest absolute Gasteiger partial charge is 0.312 e. The minimum absolute atomic E-state index is 0.0357. The number of carbonyl (C=O) groups excluding carboxylic acids is 2. The molecule has 120 valence electrons. The average Bonchev–Trinajstić information content (AvgIpc) is 2.46. The van der Waals surface area contributed by atoms with E-state index in [4.69, 9.17) is 5.73 Å². The van der Waals surface area contributed by atoms with Gasteiger partial charge in [0.05, 0.1) is 12.5 Å². The first-order chi connectivity index (χ1) is 10.5. The first kappa shape index (κ1) is 16.3. The van der Waals surface area contributed by atoms with E-state index in [2.05, 4.69) is 17.6 Å². The fraction of sp³-hybridized carbons (Fsp3) is 0.500. The number of amides is 3. The minimum Gasteiger partial charge on any atom is -0.352 e. The Kier molecular flexibility index (Phi) is 5.38. The molecule has 1 aliphatic heterocycles. The Labute approximate surface area is 131 Å². The molecule has 0 saturated carbocycles. The summed E-state index contributed by atoms with van der Waals surface area (Å²) in [4.78, 5) is 25.6. The summed E-state index contributed by atoms with van der Waals surface area (Å²) in [6.07, 6.45) is 0.221. The molecule has 0 aromatic heterocycles. The lowest BCUT2D eigenvalue weighted by Crippen LogP contribution is -2.52. The zero-order valence-electron chi connectivity index (χ0n) is 13.1. The molecule has 22 heavy (non-hydrogen) atoms. The highest BCUT2D eigenvalue weighted by atomic mass is 16.2. The Morgan fingerprint density at radius 3 is 2.91 bits per heavy atom. The van der Waals surface area contributed by atoms with Gasteiger partial charge < -0.3 is 21.3 Å². The molecule has 3 amide bonds. The van der Waals surface area contributed by atoms with Crippen molar-refractivity contribution in [2.24, 2.45) is 5.73 Å². The van der Waals surface area contributed by atoms with Crippen LogP contribution in [0.1, 0.15) is 30.5 Å². The van der Waals surface area contributed by atoms with Crippen LogP contribution in [0.25, 0.3) is 0 Å². The van der Waals surface area contributed by atoms with Crippen molar-refractivity contribution in [3.8, 4) is 0 Å². The quantitative estimate of drug-likeness (QED) is 0.773. The number of nitrogens with one attached hydrogen (secondary N) is 2. The van der Waals surface area contributed by atoms with Crippen LogP contribution < -0.4 is 16.4 Å². The van der Waals surface area contributed by atoms with Crippen molar-refractivity contribution in [3.05, 3.63) is 35.4 Å². The maximum Gasteiger partial charge on any atom is 0.312 e. The third-order valence-electron chi connectivity index (χ3n) is 3.86. The number of hydrogen-bond donors (Lipinski definition) is 3. The van der Waals surface area contributed by atoms with Crippen LogP contribution in [0.2, 0.25) is 0 Å². The van der Waals surface area contributed by atoms with E-state index in [9.17, 15) is 9.59 Å². The zero-order chi connectivity index (χ0) is 16.1. The standard InChI is InChI=1S/C16H24N4O2/c1-11-4-3-5-13(8-11)14(19-16(17)22)9-15(21)20-7-6-18-12(2)10-20/h3-5,8,12,14,18H,6-7,9-10H2,1-2H3,(H3,17,19,22)/t12-,14-/m1/s1. The van der Waals surface area contributed by atoms with Crippen LogP contribution in [0.5, 0.6) is 0 Å². The van der Waals surface area contributed by atoms with Crippen molar-refractivity contribution in [2.45, 2.75) is 32.4 Å². The summed E-state index contributed by atoms with van der Waals surface area (Å²) in [5.74, 6) is 0.0357. The number of carbonyl (C=O) groups is 2. The number of nitrogens with zero attached hydrogens (tertiary/aromatic N) is 1. The molecule has 1 fully saturated rings. The molecule has 2 atom stereocenters. The molecule has 0 aliphatic carbocycles. The second-order valence-corrected chi connectivity index (χ2v) is 5.87. The number of benzene rings is 1. The lowest BCUT2D eigenvalue weighted by atomic mass is 10.0. The third kappa shape index (κ3) is 4.46. The van der Waals surface area contributed by atoms with Gasteiger partial charge in [0.2, 0.25) is 5.91 Å². The van der Waals surface area contributed by atoms with Crippen LogP contribution in [0.15, 0.2) is 24.3 Å². The van der Waals surface area contributed by atoms with Gasteiger partial charge in [-0.2, -0.15) is 0 Å². The minimum atomic E-state index is -0.618. The normalized spacial score (nSPS) is 19.5. The number of hydrogen-bond acceptors (Lipinski definition) is 3. The van der Waals surface area contributed by atoms with Crippen LogP contribution in [0, 0.1) is 6.92 Å². The van der Waals surface area contributed by atoms with Gasteiger partial charge in [-0.1, -0.05) is 29.8 Å². The van der Waals surface area contributed by atoms with Gasteiger partial charge in [0.1, 0.15) is 0 Å². The van der Waals surface area contributed by atoms with E-state index in [1.807, 2.05) is 36.1 Å². The average molecular weight is 304 g/mol. The summed E-state index contributed by atoms with van der Waals surface area (Å²) in [6.45, 7) is 6.21. The molecular formula is C16H24N4O2. The van der Waals surface area contributed by atoms with Gasteiger partial charge in [0.15, 0.2) is 0 Å². The summed E-state index contributed by atoms with van der Waals surface area (Å²) in [5.41, 5.74) is 7.24. The first-order valence-electron chi connectivity index (χ1n) is 7.59. The highest BCUT2D eigenvalue weighted by Crippen LogP contribution is 2.19. The molecule has 0 radical (unpaired) electrons. The Morgan fingerprint density at radius 2 is 2.27 bits per heavy atom. The fourth-order valence-corrected chi connectivity index (χ4v) is 2.77.